The average Bonchev–Trinajstić information content (AvgIpc) is 2.09. The summed E-state index contributed by atoms with van der Waals surface area (Å²) in [4.78, 5) is 10.8. The van der Waals surface area contributed by atoms with Gasteiger partial charge in [0.15, 0.2) is 0 Å². The maximum Gasteiger partial charge on any atom is 0.126 e. The number of hydrogen-bond donors (Lipinski definition) is 0. The lowest BCUT2D eigenvalue weighted by Crippen LogP contribution is -2.20. The Bertz CT molecular complexity index is 215. The molecular formula is C12H20O. The molecule has 1 rings (SSSR count). The van der Waals surface area contributed by atoms with Crippen LogP contribution in [0.4, 0.5) is 0 Å². The number of rotatable bonds is 3. The molecule has 0 aromatic carbocycles. The molecule has 0 unspecified atom stereocenters. The molecule has 1 nitrogen and oxygen atoms in total. The molecule has 1 atom stereocenters. The van der Waals surface area contributed by atoms with Gasteiger partial charge >= 0.3 is 0 Å². The highest BCUT2D eigenvalue weighted by Gasteiger charge is 2.25. The summed E-state index contributed by atoms with van der Waals surface area (Å²) < 4.78 is 0. The second-order valence-corrected chi connectivity index (χ2v) is 4.94. The summed E-state index contributed by atoms with van der Waals surface area (Å²) in [5, 5.41) is 0. The molecule has 0 aliphatic heterocycles. The lowest BCUT2D eigenvalue weighted by Gasteiger charge is -2.27. The second kappa shape index (κ2) is 4.08. The van der Waals surface area contributed by atoms with E-state index in [2.05, 4.69) is 26.8 Å². The van der Waals surface area contributed by atoms with Gasteiger partial charge in [0, 0.05) is 5.41 Å². The second-order valence-electron chi connectivity index (χ2n) is 4.94. The van der Waals surface area contributed by atoms with E-state index in [1.165, 1.54) is 6.42 Å². The monoisotopic (exact) mass is 180 g/mol. The highest BCUT2D eigenvalue weighted by atomic mass is 16.1. The smallest absolute Gasteiger partial charge is 0.126 e. The van der Waals surface area contributed by atoms with Crippen LogP contribution in [-0.2, 0) is 4.79 Å². The normalized spacial score (nSPS) is 28.8. The van der Waals surface area contributed by atoms with E-state index in [9.17, 15) is 4.79 Å². The van der Waals surface area contributed by atoms with E-state index in [4.69, 9.17) is 0 Å². The van der Waals surface area contributed by atoms with Crippen molar-refractivity contribution >= 4 is 6.29 Å². The van der Waals surface area contributed by atoms with Gasteiger partial charge in [0.05, 0.1) is 0 Å². The minimum Gasteiger partial charge on any atom is -0.303 e. The molecule has 0 aromatic heterocycles. The van der Waals surface area contributed by atoms with Gasteiger partial charge in [-0.2, -0.15) is 0 Å². The maximum atomic E-state index is 10.8. The van der Waals surface area contributed by atoms with Crippen LogP contribution in [0.5, 0.6) is 0 Å². The van der Waals surface area contributed by atoms with Crippen molar-refractivity contribution < 1.29 is 4.79 Å². The Morgan fingerprint density at radius 1 is 1.62 bits per heavy atom. The molecule has 0 amide bonds. The summed E-state index contributed by atoms with van der Waals surface area (Å²) in [6.07, 6.45) is 7.70. The minimum absolute atomic E-state index is 0.0690. The van der Waals surface area contributed by atoms with Crippen molar-refractivity contribution in [3.05, 3.63) is 11.6 Å². The Labute approximate surface area is 81.2 Å². The zero-order valence-electron chi connectivity index (χ0n) is 8.97. The summed E-state index contributed by atoms with van der Waals surface area (Å²) in [6, 6.07) is 0. The van der Waals surface area contributed by atoms with Crippen molar-refractivity contribution in [3.8, 4) is 0 Å². The zero-order chi connectivity index (χ0) is 9.90. The van der Waals surface area contributed by atoms with Gasteiger partial charge in [0.25, 0.3) is 0 Å². The van der Waals surface area contributed by atoms with Crippen molar-refractivity contribution in [1.29, 1.82) is 0 Å². The Hall–Kier alpha value is -0.590. The van der Waals surface area contributed by atoms with Crippen LogP contribution < -0.4 is 0 Å². The molecule has 0 N–H and O–H groups in total. The summed E-state index contributed by atoms with van der Waals surface area (Å²) >= 11 is 0. The highest BCUT2D eigenvalue weighted by molar-refractivity contribution is 5.59. The van der Waals surface area contributed by atoms with Crippen LogP contribution in [-0.4, -0.2) is 6.29 Å². The molecule has 0 radical (unpaired) electrons. The van der Waals surface area contributed by atoms with E-state index in [1.54, 1.807) is 5.57 Å². The summed E-state index contributed by atoms with van der Waals surface area (Å²) in [6.45, 7) is 6.55. The fourth-order valence-electron chi connectivity index (χ4n) is 1.84. The number of hydrogen-bond acceptors (Lipinski definition) is 1. The van der Waals surface area contributed by atoms with Gasteiger partial charge in [-0.15, -0.1) is 0 Å². The molecule has 0 saturated heterocycles. The van der Waals surface area contributed by atoms with Crippen LogP contribution >= 0.6 is 0 Å². The quantitative estimate of drug-likeness (QED) is 0.481. The van der Waals surface area contributed by atoms with Crippen LogP contribution in [0.3, 0.4) is 0 Å². The van der Waals surface area contributed by atoms with Crippen molar-refractivity contribution in [2.45, 2.75) is 46.5 Å². The number of carbonyl (C=O) groups is 1. The number of aldehydes is 1. The van der Waals surface area contributed by atoms with E-state index in [0.717, 1.165) is 31.5 Å². The molecule has 0 heterocycles. The van der Waals surface area contributed by atoms with Crippen molar-refractivity contribution in [2.75, 3.05) is 0 Å². The van der Waals surface area contributed by atoms with Gasteiger partial charge in [-0.05, 0) is 31.6 Å². The predicted molar refractivity (Wildman–Crippen MR) is 55.6 cm³/mol. The first kappa shape index (κ1) is 10.5. The fourth-order valence-corrected chi connectivity index (χ4v) is 1.84. The Balaban J connectivity index is 2.52. The SMILES string of the molecule is CC(C)CC1=CC[C@](C)(C=O)CC1. The summed E-state index contributed by atoms with van der Waals surface area (Å²) in [7, 11) is 0. The summed E-state index contributed by atoms with van der Waals surface area (Å²) in [5.41, 5.74) is 1.48. The standard InChI is InChI=1S/C12H20O/c1-10(2)8-11-4-6-12(3,9-13)7-5-11/h4,9-10H,5-8H2,1-3H3/t12-/m0/s1. The molecule has 0 aromatic rings. The Kier molecular flexibility index (Phi) is 3.29. The highest BCUT2D eigenvalue weighted by Crippen LogP contribution is 2.34. The Morgan fingerprint density at radius 2 is 2.31 bits per heavy atom. The lowest BCUT2D eigenvalue weighted by molar-refractivity contribution is -0.115. The van der Waals surface area contributed by atoms with Gasteiger partial charge in [0.1, 0.15) is 6.29 Å². The van der Waals surface area contributed by atoms with Gasteiger partial charge < -0.3 is 4.79 Å². The fraction of sp³-hybridized carbons (Fsp3) is 0.750. The molecule has 1 heteroatoms. The summed E-state index contributed by atoms with van der Waals surface area (Å²) in [5.74, 6) is 0.742. The number of carbonyl (C=O) groups excluding carboxylic acids is 1. The van der Waals surface area contributed by atoms with Crippen LogP contribution in [0.15, 0.2) is 11.6 Å². The van der Waals surface area contributed by atoms with Crippen molar-refractivity contribution in [1.82, 2.24) is 0 Å². The largest absolute Gasteiger partial charge is 0.303 e. The molecule has 1 aliphatic rings. The molecule has 1 aliphatic carbocycles. The first-order chi connectivity index (χ1) is 6.06. The van der Waals surface area contributed by atoms with Gasteiger partial charge in [-0.1, -0.05) is 32.4 Å². The molecule has 13 heavy (non-hydrogen) atoms. The first-order valence-corrected chi connectivity index (χ1v) is 5.20. The van der Waals surface area contributed by atoms with E-state index in [-0.39, 0.29) is 5.41 Å². The first-order valence-electron chi connectivity index (χ1n) is 5.20. The van der Waals surface area contributed by atoms with Crippen LogP contribution in [0.1, 0.15) is 46.5 Å². The molecule has 0 bridgehead atoms. The third-order valence-electron chi connectivity index (χ3n) is 2.83. The van der Waals surface area contributed by atoms with Gasteiger partial charge in [0.2, 0.25) is 0 Å². The van der Waals surface area contributed by atoms with Gasteiger partial charge in [-0.25, -0.2) is 0 Å². The van der Waals surface area contributed by atoms with E-state index < -0.39 is 0 Å². The van der Waals surface area contributed by atoms with E-state index in [0.29, 0.717) is 0 Å². The predicted octanol–water partition coefficient (Wildman–Crippen LogP) is 3.35. The van der Waals surface area contributed by atoms with E-state index in [1.807, 2.05) is 0 Å². The molecule has 0 saturated carbocycles. The van der Waals surface area contributed by atoms with Crippen LogP contribution in [0, 0.1) is 11.3 Å². The average molecular weight is 180 g/mol. The third-order valence-corrected chi connectivity index (χ3v) is 2.83. The molecule has 0 fully saturated rings. The van der Waals surface area contributed by atoms with E-state index >= 15 is 0 Å². The third kappa shape index (κ3) is 2.98. The lowest BCUT2D eigenvalue weighted by atomic mass is 9.76. The minimum atomic E-state index is -0.0690. The molecule has 74 valence electrons. The van der Waals surface area contributed by atoms with Crippen molar-refractivity contribution in [3.63, 3.8) is 0 Å². The van der Waals surface area contributed by atoms with Crippen LogP contribution in [0.2, 0.25) is 0 Å². The molecule has 0 spiro atoms. The topological polar surface area (TPSA) is 17.1 Å². The zero-order valence-corrected chi connectivity index (χ0v) is 8.97. The maximum absolute atomic E-state index is 10.8. The van der Waals surface area contributed by atoms with Crippen molar-refractivity contribution in [2.24, 2.45) is 11.3 Å². The van der Waals surface area contributed by atoms with Crippen LogP contribution in [0.25, 0.3) is 0 Å². The molecular weight excluding hydrogens is 160 g/mol. The van der Waals surface area contributed by atoms with Gasteiger partial charge in [-0.3, -0.25) is 0 Å². The number of allylic oxidation sites excluding steroid dienone is 2. The Morgan fingerprint density at radius 3 is 2.69 bits per heavy atom.